The number of ether oxygens (including phenoxy) is 1. The molecule has 0 amide bonds. The number of H-pyrrole nitrogens is 1. The maximum Gasteiger partial charge on any atom is 0.251 e. The van der Waals surface area contributed by atoms with E-state index in [2.05, 4.69) is 16.9 Å². The van der Waals surface area contributed by atoms with Crippen LogP contribution in [-0.2, 0) is 0 Å². The molecule has 1 aromatic carbocycles. The number of hydrogen-bond donors (Lipinski definition) is 1. The summed E-state index contributed by atoms with van der Waals surface area (Å²) in [6.07, 6.45) is 0.897. The molecule has 5 heteroatoms. The Hall–Kier alpha value is -1.75. The van der Waals surface area contributed by atoms with E-state index in [9.17, 15) is 4.79 Å². The van der Waals surface area contributed by atoms with Gasteiger partial charge in [0.2, 0.25) is 0 Å². The average Bonchev–Trinajstić information content (AvgIpc) is 2.48. The predicted molar refractivity (Wildman–Crippen MR) is 91.0 cm³/mol. The van der Waals surface area contributed by atoms with E-state index in [0.29, 0.717) is 11.8 Å². The van der Waals surface area contributed by atoms with Gasteiger partial charge in [-0.1, -0.05) is 43.3 Å². The smallest absolute Gasteiger partial charge is 0.251 e. The van der Waals surface area contributed by atoms with E-state index < -0.39 is 0 Å². The molecule has 118 valence electrons. The Labute approximate surface area is 135 Å². The molecule has 22 heavy (non-hydrogen) atoms. The highest BCUT2D eigenvalue weighted by atomic mass is 32.2. The quantitative estimate of drug-likeness (QED) is 0.480. The largest absolute Gasteiger partial charge is 0.494 e. The second kappa shape index (κ2) is 8.03. The first kappa shape index (κ1) is 16.6. The molecule has 4 nitrogen and oxygen atoms in total. The van der Waals surface area contributed by atoms with Crippen LogP contribution in [0, 0.1) is 6.92 Å². The van der Waals surface area contributed by atoms with Crippen molar-refractivity contribution >= 4 is 11.8 Å². The monoisotopic (exact) mass is 318 g/mol. The summed E-state index contributed by atoms with van der Waals surface area (Å²) >= 11 is 1.56. The van der Waals surface area contributed by atoms with Crippen LogP contribution < -0.4 is 10.3 Å². The molecule has 0 saturated carbocycles. The van der Waals surface area contributed by atoms with Crippen LogP contribution in [0.15, 0.2) is 40.3 Å². The SMILES string of the molecule is Cc1ccc(OCCCSc2nc(C(C)C)cc(=O)[nH]2)cc1. The lowest BCUT2D eigenvalue weighted by atomic mass is 10.1. The summed E-state index contributed by atoms with van der Waals surface area (Å²) < 4.78 is 5.68. The molecule has 1 N–H and O–H groups in total. The standard InChI is InChI=1S/C17H22N2O2S/c1-12(2)15-11-16(20)19-17(18-15)22-10-4-9-21-14-7-5-13(3)6-8-14/h5-8,11-12H,4,9-10H2,1-3H3,(H,18,19,20). The Balaban J connectivity index is 1.77. The Bertz CT molecular complexity index is 650. The molecule has 0 aliphatic carbocycles. The summed E-state index contributed by atoms with van der Waals surface area (Å²) in [5, 5.41) is 0.687. The molecule has 0 atom stereocenters. The maximum atomic E-state index is 11.6. The second-order valence-corrected chi connectivity index (χ2v) is 6.58. The Morgan fingerprint density at radius 1 is 1.27 bits per heavy atom. The molecule has 0 radical (unpaired) electrons. The van der Waals surface area contributed by atoms with Crippen molar-refractivity contribution in [1.29, 1.82) is 0 Å². The summed E-state index contributed by atoms with van der Waals surface area (Å²) in [5.74, 6) is 2.01. The number of benzene rings is 1. The first-order chi connectivity index (χ1) is 10.5. The highest BCUT2D eigenvalue weighted by Gasteiger charge is 2.05. The molecule has 1 aromatic heterocycles. The van der Waals surface area contributed by atoms with E-state index in [4.69, 9.17) is 4.74 Å². The molecule has 2 rings (SSSR count). The van der Waals surface area contributed by atoms with Crippen molar-refractivity contribution in [3.8, 4) is 5.75 Å². The van der Waals surface area contributed by atoms with Crippen molar-refractivity contribution in [2.45, 2.75) is 38.3 Å². The van der Waals surface area contributed by atoms with Gasteiger partial charge in [0.15, 0.2) is 5.16 Å². The molecule has 0 aliphatic heterocycles. The lowest BCUT2D eigenvalue weighted by Gasteiger charge is -2.07. The summed E-state index contributed by atoms with van der Waals surface area (Å²) in [4.78, 5) is 18.8. The van der Waals surface area contributed by atoms with Crippen molar-refractivity contribution in [2.75, 3.05) is 12.4 Å². The Morgan fingerprint density at radius 3 is 2.68 bits per heavy atom. The molecule has 0 aliphatic rings. The van der Waals surface area contributed by atoms with Crippen LogP contribution in [0.25, 0.3) is 0 Å². The number of aromatic amines is 1. The van der Waals surface area contributed by atoms with Gasteiger partial charge < -0.3 is 9.72 Å². The first-order valence-electron chi connectivity index (χ1n) is 7.48. The zero-order valence-corrected chi connectivity index (χ0v) is 14.1. The summed E-state index contributed by atoms with van der Waals surface area (Å²) in [7, 11) is 0. The van der Waals surface area contributed by atoms with E-state index in [1.54, 1.807) is 17.8 Å². The van der Waals surface area contributed by atoms with Crippen LogP contribution in [0.5, 0.6) is 5.75 Å². The summed E-state index contributed by atoms with van der Waals surface area (Å²) in [6.45, 7) is 6.78. The van der Waals surface area contributed by atoms with Gasteiger partial charge in [-0.15, -0.1) is 0 Å². The van der Waals surface area contributed by atoms with E-state index in [0.717, 1.165) is 23.6 Å². The van der Waals surface area contributed by atoms with Gasteiger partial charge in [0, 0.05) is 11.8 Å². The number of aryl methyl sites for hydroxylation is 1. The van der Waals surface area contributed by atoms with Gasteiger partial charge in [-0.3, -0.25) is 4.79 Å². The fraction of sp³-hybridized carbons (Fsp3) is 0.412. The third-order valence-corrected chi connectivity index (χ3v) is 4.11. The topological polar surface area (TPSA) is 55.0 Å². The number of rotatable bonds is 7. The zero-order chi connectivity index (χ0) is 15.9. The van der Waals surface area contributed by atoms with Crippen LogP contribution in [0.3, 0.4) is 0 Å². The molecule has 0 unspecified atom stereocenters. The van der Waals surface area contributed by atoms with Gasteiger partial charge in [-0.2, -0.15) is 0 Å². The van der Waals surface area contributed by atoms with Crippen LogP contribution in [0.4, 0.5) is 0 Å². The molecule has 0 saturated heterocycles. The molecule has 0 bridgehead atoms. The van der Waals surface area contributed by atoms with Gasteiger partial charge in [0.1, 0.15) is 5.75 Å². The highest BCUT2D eigenvalue weighted by Crippen LogP contribution is 2.17. The van der Waals surface area contributed by atoms with E-state index in [-0.39, 0.29) is 11.5 Å². The van der Waals surface area contributed by atoms with Crippen molar-refractivity contribution in [3.63, 3.8) is 0 Å². The van der Waals surface area contributed by atoms with Gasteiger partial charge in [0.05, 0.1) is 12.3 Å². The summed E-state index contributed by atoms with van der Waals surface area (Å²) in [6, 6.07) is 9.60. The van der Waals surface area contributed by atoms with Crippen LogP contribution in [-0.4, -0.2) is 22.3 Å². The third-order valence-electron chi connectivity index (χ3n) is 3.15. The molecule has 0 fully saturated rings. The Kier molecular flexibility index (Phi) is 6.07. The fourth-order valence-corrected chi connectivity index (χ4v) is 2.67. The molecule has 1 heterocycles. The van der Waals surface area contributed by atoms with Gasteiger partial charge in [-0.25, -0.2) is 4.98 Å². The molecule has 2 aromatic rings. The van der Waals surface area contributed by atoms with Crippen LogP contribution in [0.2, 0.25) is 0 Å². The summed E-state index contributed by atoms with van der Waals surface area (Å²) in [5.41, 5.74) is 1.97. The van der Waals surface area contributed by atoms with E-state index >= 15 is 0 Å². The van der Waals surface area contributed by atoms with Crippen molar-refractivity contribution in [3.05, 3.63) is 51.9 Å². The van der Waals surface area contributed by atoms with Gasteiger partial charge in [-0.05, 0) is 31.4 Å². The predicted octanol–water partition coefficient (Wildman–Crippen LogP) is 3.76. The average molecular weight is 318 g/mol. The van der Waals surface area contributed by atoms with Crippen molar-refractivity contribution in [2.24, 2.45) is 0 Å². The van der Waals surface area contributed by atoms with E-state index in [1.165, 1.54) is 5.56 Å². The Morgan fingerprint density at radius 2 is 2.00 bits per heavy atom. The lowest BCUT2D eigenvalue weighted by Crippen LogP contribution is -2.11. The molecular weight excluding hydrogens is 296 g/mol. The van der Waals surface area contributed by atoms with Crippen molar-refractivity contribution in [1.82, 2.24) is 9.97 Å². The highest BCUT2D eigenvalue weighted by molar-refractivity contribution is 7.99. The first-order valence-corrected chi connectivity index (χ1v) is 8.46. The minimum atomic E-state index is -0.0860. The van der Waals surface area contributed by atoms with Gasteiger partial charge in [0.25, 0.3) is 5.56 Å². The minimum absolute atomic E-state index is 0.0860. The maximum absolute atomic E-state index is 11.6. The second-order valence-electron chi connectivity index (χ2n) is 5.49. The van der Waals surface area contributed by atoms with Crippen LogP contribution in [0.1, 0.15) is 37.4 Å². The zero-order valence-electron chi connectivity index (χ0n) is 13.3. The number of aromatic nitrogens is 2. The fourth-order valence-electron chi connectivity index (χ4n) is 1.87. The minimum Gasteiger partial charge on any atom is -0.494 e. The van der Waals surface area contributed by atoms with Crippen LogP contribution >= 0.6 is 11.8 Å². The number of nitrogens with one attached hydrogen (secondary N) is 1. The lowest BCUT2D eigenvalue weighted by molar-refractivity contribution is 0.318. The van der Waals surface area contributed by atoms with E-state index in [1.807, 2.05) is 38.1 Å². The number of hydrogen-bond acceptors (Lipinski definition) is 4. The number of nitrogens with zero attached hydrogens (tertiary/aromatic N) is 1. The van der Waals surface area contributed by atoms with Gasteiger partial charge >= 0.3 is 0 Å². The molecule has 0 spiro atoms. The van der Waals surface area contributed by atoms with Crippen molar-refractivity contribution < 1.29 is 4.74 Å². The number of thioether (sulfide) groups is 1. The normalized spacial score (nSPS) is 10.9. The third kappa shape index (κ3) is 5.22. The molecular formula is C17H22N2O2S.